The van der Waals surface area contributed by atoms with Gasteiger partial charge in [0.05, 0.1) is 12.2 Å². The second-order valence-corrected chi connectivity index (χ2v) is 6.24. The van der Waals surface area contributed by atoms with Gasteiger partial charge in [-0.2, -0.15) is 0 Å². The lowest BCUT2D eigenvalue weighted by atomic mass is 10.1. The monoisotopic (exact) mass is 249 g/mol. The van der Waals surface area contributed by atoms with Gasteiger partial charge in [0, 0.05) is 40.3 Å². The number of nitrogens with one attached hydrogen (secondary N) is 1. The highest BCUT2D eigenvalue weighted by molar-refractivity contribution is 7.88. The first kappa shape index (κ1) is 13.4. The van der Waals surface area contributed by atoms with Gasteiger partial charge in [0.2, 0.25) is 15.9 Å². The molecule has 1 fully saturated rings. The third kappa shape index (κ3) is 3.43. The van der Waals surface area contributed by atoms with Crippen molar-refractivity contribution >= 4 is 15.9 Å². The smallest absolute Gasteiger partial charge is 0.227 e. The minimum absolute atomic E-state index is 0.0388. The van der Waals surface area contributed by atoms with E-state index >= 15 is 0 Å². The van der Waals surface area contributed by atoms with E-state index in [1.807, 2.05) is 0 Å². The SMILES string of the molecule is CN(C)C(=O)[C@@H]1CNCCN(S(C)(=O)=O)C1. The van der Waals surface area contributed by atoms with E-state index in [1.54, 1.807) is 14.1 Å². The Morgan fingerprint density at radius 1 is 1.44 bits per heavy atom. The number of amides is 1. The minimum atomic E-state index is -3.22. The maximum absolute atomic E-state index is 11.8. The van der Waals surface area contributed by atoms with Gasteiger partial charge in [0.1, 0.15) is 0 Å². The highest BCUT2D eigenvalue weighted by Gasteiger charge is 2.29. The predicted octanol–water partition coefficient (Wildman–Crippen LogP) is -1.44. The average Bonchev–Trinajstić information content (AvgIpc) is 2.40. The first-order chi connectivity index (χ1) is 7.32. The minimum Gasteiger partial charge on any atom is -0.348 e. The van der Waals surface area contributed by atoms with Gasteiger partial charge >= 0.3 is 0 Å². The molecule has 0 spiro atoms. The fourth-order valence-corrected chi connectivity index (χ4v) is 2.59. The van der Waals surface area contributed by atoms with Crippen LogP contribution >= 0.6 is 0 Å². The van der Waals surface area contributed by atoms with Crippen LogP contribution in [-0.2, 0) is 14.8 Å². The quantitative estimate of drug-likeness (QED) is 0.650. The zero-order valence-electron chi connectivity index (χ0n) is 9.93. The summed E-state index contributed by atoms with van der Waals surface area (Å²) in [4.78, 5) is 13.3. The van der Waals surface area contributed by atoms with Crippen LogP contribution in [0, 0.1) is 5.92 Å². The van der Waals surface area contributed by atoms with Gasteiger partial charge in [-0.25, -0.2) is 12.7 Å². The first-order valence-electron chi connectivity index (χ1n) is 5.19. The van der Waals surface area contributed by atoms with Crippen molar-refractivity contribution in [2.24, 2.45) is 5.92 Å². The van der Waals surface area contributed by atoms with Gasteiger partial charge in [0.15, 0.2) is 0 Å². The third-order valence-electron chi connectivity index (χ3n) is 2.61. The molecule has 1 atom stereocenters. The van der Waals surface area contributed by atoms with Crippen molar-refractivity contribution in [3.8, 4) is 0 Å². The molecule has 0 aromatic carbocycles. The maximum Gasteiger partial charge on any atom is 0.227 e. The molecule has 1 N–H and O–H groups in total. The average molecular weight is 249 g/mol. The van der Waals surface area contributed by atoms with Crippen LogP contribution in [0.1, 0.15) is 0 Å². The molecule has 0 aromatic rings. The number of carbonyl (C=O) groups excluding carboxylic acids is 1. The van der Waals surface area contributed by atoms with Gasteiger partial charge < -0.3 is 10.2 Å². The van der Waals surface area contributed by atoms with Crippen LogP contribution in [0.3, 0.4) is 0 Å². The van der Waals surface area contributed by atoms with E-state index in [0.29, 0.717) is 19.6 Å². The van der Waals surface area contributed by atoms with Gasteiger partial charge in [-0.15, -0.1) is 0 Å². The molecule has 0 unspecified atom stereocenters. The van der Waals surface area contributed by atoms with Crippen molar-refractivity contribution < 1.29 is 13.2 Å². The Hall–Kier alpha value is -0.660. The predicted molar refractivity (Wildman–Crippen MR) is 61.5 cm³/mol. The van der Waals surface area contributed by atoms with E-state index in [-0.39, 0.29) is 18.4 Å². The van der Waals surface area contributed by atoms with E-state index < -0.39 is 10.0 Å². The molecule has 1 aliphatic rings. The molecule has 16 heavy (non-hydrogen) atoms. The number of carbonyl (C=O) groups is 1. The number of sulfonamides is 1. The highest BCUT2D eigenvalue weighted by atomic mass is 32.2. The van der Waals surface area contributed by atoms with Crippen molar-refractivity contribution in [1.82, 2.24) is 14.5 Å². The summed E-state index contributed by atoms with van der Waals surface area (Å²) in [6.07, 6.45) is 1.18. The molecule has 6 nitrogen and oxygen atoms in total. The summed E-state index contributed by atoms with van der Waals surface area (Å²) in [6.45, 7) is 1.81. The van der Waals surface area contributed by atoms with Crippen LogP contribution in [0.25, 0.3) is 0 Å². The molecule has 0 radical (unpaired) electrons. The molecule has 1 aliphatic heterocycles. The number of rotatable bonds is 2. The Balaban J connectivity index is 2.77. The summed E-state index contributed by atoms with van der Waals surface area (Å²) in [7, 11) is 0.138. The zero-order chi connectivity index (χ0) is 12.3. The molecular formula is C9H19N3O3S. The van der Waals surface area contributed by atoms with Gasteiger partial charge in [0.25, 0.3) is 0 Å². The molecule has 7 heteroatoms. The summed E-state index contributed by atoms with van der Waals surface area (Å²) in [5.41, 5.74) is 0. The molecular weight excluding hydrogens is 230 g/mol. The Kier molecular flexibility index (Phi) is 4.28. The Morgan fingerprint density at radius 3 is 2.56 bits per heavy atom. The maximum atomic E-state index is 11.8. The van der Waals surface area contributed by atoms with Gasteiger partial charge in [-0.05, 0) is 0 Å². The molecule has 1 saturated heterocycles. The lowest BCUT2D eigenvalue weighted by Gasteiger charge is -2.23. The van der Waals surface area contributed by atoms with Crippen molar-refractivity contribution in [2.45, 2.75) is 0 Å². The summed E-state index contributed by atoms with van der Waals surface area (Å²) >= 11 is 0. The number of nitrogens with zero attached hydrogens (tertiary/aromatic N) is 2. The van der Waals surface area contributed by atoms with Gasteiger partial charge in [-0.1, -0.05) is 0 Å². The second kappa shape index (κ2) is 5.11. The number of hydrogen-bond acceptors (Lipinski definition) is 4. The fraction of sp³-hybridized carbons (Fsp3) is 0.889. The molecule has 0 aromatic heterocycles. The molecule has 0 saturated carbocycles. The van der Waals surface area contributed by atoms with Crippen molar-refractivity contribution in [2.75, 3.05) is 46.5 Å². The third-order valence-corrected chi connectivity index (χ3v) is 3.88. The van der Waals surface area contributed by atoms with Crippen LogP contribution < -0.4 is 5.32 Å². The molecule has 0 bridgehead atoms. The van der Waals surface area contributed by atoms with Crippen molar-refractivity contribution in [3.63, 3.8) is 0 Å². The van der Waals surface area contributed by atoms with Crippen molar-refractivity contribution in [1.29, 1.82) is 0 Å². The van der Waals surface area contributed by atoms with E-state index in [0.717, 1.165) is 0 Å². The van der Waals surface area contributed by atoms with Crippen LogP contribution in [0.5, 0.6) is 0 Å². The highest BCUT2D eigenvalue weighted by Crippen LogP contribution is 2.09. The van der Waals surface area contributed by atoms with Crippen LogP contribution in [0.15, 0.2) is 0 Å². The molecule has 0 aliphatic carbocycles. The van der Waals surface area contributed by atoms with Crippen LogP contribution in [-0.4, -0.2) is 70.1 Å². The molecule has 1 heterocycles. The van der Waals surface area contributed by atoms with E-state index in [9.17, 15) is 13.2 Å². The summed E-state index contributed by atoms with van der Waals surface area (Å²) in [6, 6.07) is 0. The van der Waals surface area contributed by atoms with E-state index in [4.69, 9.17) is 0 Å². The summed E-state index contributed by atoms with van der Waals surface area (Å²) < 4.78 is 24.3. The standard InChI is InChI=1S/C9H19N3O3S/c1-11(2)9(13)8-6-10-4-5-12(7-8)16(3,14)15/h8,10H,4-7H2,1-3H3/t8-/m1/s1. The summed E-state index contributed by atoms with van der Waals surface area (Å²) in [5.74, 6) is -0.338. The van der Waals surface area contributed by atoms with Crippen molar-refractivity contribution in [3.05, 3.63) is 0 Å². The zero-order valence-corrected chi connectivity index (χ0v) is 10.7. The number of hydrogen-bond donors (Lipinski definition) is 1. The topological polar surface area (TPSA) is 69.7 Å². The Morgan fingerprint density at radius 2 is 2.06 bits per heavy atom. The lowest BCUT2D eigenvalue weighted by molar-refractivity contribution is -0.132. The van der Waals surface area contributed by atoms with Crippen LogP contribution in [0.2, 0.25) is 0 Å². The Bertz CT molecular complexity index is 353. The summed E-state index contributed by atoms with van der Waals surface area (Å²) in [5, 5.41) is 3.08. The Labute approximate surface area is 96.6 Å². The molecule has 1 rings (SSSR count). The lowest BCUT2D eigenvalue weighted by Crippen LogP contribution is -2.41. The second-order valence-electron chi connectivity index (χ2n) is 4.25. The van der Waals surface area contributed by atoms with Gasteiger partial charge in [-0.3, -0.25) is 4.79 Å². The van der Waals surface area contributed by atoms with E-state index in [2.05, 4.69) is 5.32 Å². The first-order valence-corrected chi connectivity index (χ1v) is 7.04. The molecule has 94 valence electrons. The fourth-order valence-electron chi connectivity index (χ4n) is 1.71. The molecule has 1 amide bonds. The van der Waals surface area contributed by atoms with E-state index in [1.165, 1.54) is 15.5 Å². The largest absolute Gasteiger partial charge is 0.348 e. The van der Waals surface area contributed by atoms with Crippen LogP contribution in [0.4, 0.5) is 0 Å². The normalized spacial score (nSPS) is 23.8.